The number of piperidine rings is 2. The molecule has 4 aliphatic carbocycles. The molecule has 72 heavy (non-hydrogen) atoms. The number of nitrogen functional groups attached to an aromatic ring is 1. The molecule has 5 aromatic heterocycles. The maximum Gasteiger partial charge on any atom is 0.235 e. The highest BCUT2D eigenvalue weighted by Crippen LogP contribution is 2.56. The molecule has 0 radical (unpaired) electrons. The highest BCUT2D eigenvalue weighted by molar-refractivity contribution is 7.16. The molecule has 13 rings (SSSR count). The number of fused-ring (bicyclic) bond motifs is 5. The van der Waals surface area contributed by atoms with Crippen molar-refractivity contribution in [3.63, 3.8) is 0 Å². The average molecular weight is 989 g/mol. The summed E-state index contributed by atoms with van der Waals surface area (Å²) in [4.78, 5) is 49.2. The first-order valence-corrected chi connectivity index (χ1v) is 26.9. The van der Waals surface area contributed by atoms with Gasteiger partial charge in [-0.05, 0) is 138 Å². The van der Waals surface area contributed by atoms with Crippen molar-refractivity contribution in [2.75, 3.05) is 45.1 Å². The molecule has 2 atom stereocenters. The second-order valence-corrected chi connectivity index (χ2v) is 23.3. The molecule has 0 bridgehead atoms. The molecule has 17 nitrogen and oxygen atoms in total. The number of thiophene rings is 1. The highest BCUT2D eigenvalue weighted by atomic mass is 32.1. The number of aromatic nitrogens is 7. The number of carbonyl (C=O) groups excluding carboxylic acids is 2. The van der Waals surface area contributed by atoms with Crippen LogP contribution in [-0.2, 0) is 34.9 Å². The average Bonchev–Trinajstić information content (AvgIpc) is 3.67. The lowest BCUT2D eigenvalue weighted by molar-refractivity contribution is -0.134. The predicted molar refractivity (Wildman–Crippen MR) is 267 cm³/mol. The molecule has 7 aliphatic rings. The second kappa shape index (κ2) is 17.7. The van der Waals surface area contributed by atoms with Gasteiger partial charge in [-0.2, -0.15) is 20.3 Å². The Morgan fingerprint density at radius 3 is 2.49 bits per heavy atom. The number of hydrogen-bond acceptors (Lipinski definition) is 16. The van der Waals surface area contributed by atoms with Crippen LogP contribution in [0.5, 0.6) is 17.5 Å². The second-order valence-electron chi connectivity index (χ2n) is 22.2. The molecule has 3 N–H and O–H groups in total. The molecule has 8 heterocycles. The van der Waals surface area contributed by atoms with Crippen molar-refractivity contribution in [3.8, 4) is 35.1 Å². The van der Waals surface area contributed by atoms with Crippen LogP contribution in [0.2, 0.25) is 0 Å². The molecule has 6 aromatic rings. The zero-order valence-electron chi connectivity index (χ0n) is 40.8. The van der Waals surface area contributed by atoms with Gasteiger partial charge in [0.1, 0.15) is 17.4 Å². The van der Waals surface area contributed by atoms with Gasteiger partial charge < -0.3 is 29.5 Å². The van der Waals surface area contributed by atoms with Crippen LogP contribution in [0, 0.1) is 22.2 Å². The standard InChI is InChI=1S/C54H60N12O5S/c1-64-40-22-33(6-7-36(40)46(62-64)38-8-9-42(67)59-51(38)68)32-12-20-66(21-13-32)34-10-16-52(17-11-34)27-65(28-52)29-53(18-19-53)30-69-43-23-44(70-35-25-57-31-58-26-35)61-50(60-43)47-37-4-2-14-54(48(37)71-63-47)15-3-5-41-45(54)39(24-55)49(56)72-41/h6-7,22-23,25-26,31-32,34,38H,2-5,8-21,27-30,56H2,1H3,(H,59,67,68)/t38?,54-/m0/s1. The van der Waals surface area contributed by atoms with E-state index < -0.39 is 5.41 Å². The lowest BCUT2D eigenvalue weighted by Crippen LogP contribution is -2.60. The Balaban J connectivity index is 0.634. The van der Waals surface area contributed by atoms with E-state index in [2.05, 4.69) is 54.5 Å². The molecular weight excluding hydrogens is 929 g/mol. The van der Waals surface area contributed by atoms with Crippen molar-refractivity contribution in [2.24, 2.45) is 17.9 Å². The van der Waals surface area contributed by atoms with Crippen LogP contribution in [0.3, 0.4) is 0 Å². The van der Waals surface area contributed by atoms with Crippen LogP contribution in [0.15, 0.2) is 47.5 Å². The van der Waals surface area contributed by atoms with Gasteiger partial charge in [-0.15, -0.1) is 11.3 Å². The van der Waals surface area contributed by atoms with Crippen LogP contribution >= 0.6 is 11.3 Å². The van der Waals surface area contributed by atoms with Gasteiger partial charge in [0, 0.05) is 60.4 Å². The van der Waals surface area contributed by atoms with Gasteiger partial charge in [0.2, 0.25) is 23.6 Å². The van der Waals surface area contributed by atoms with E-state index in [1.165, 1.54) is 53.8 Å². The maximum absolute atomic E-state index is 12.7. The Labute approximate surface area is 421 Å². The lowest BCUT2D eigenvalue weighted by atomic mass is 9.63. The monoisotopic (exact) mass is 988 g/mol. The van der Waals surface area contributed by atoms with E-state index in [0.717, 1.165) is 130 Å². The molecule has 2 amide bonds. The van der Waals surface area contributed by atoms with Crippen molar-refractivity contribution < 1.29 is 23.6 Å². The fourth-order valence-electron chi connectivity index (χ4n) is 13.8. The van der Waals surface area contributed by atoms with E-state index >= 15 is 0 Å². The number of nitrogens with zero attached hydrogens (tertiary/aromatic N) is 10. The van der Waals surface area contributed by atoms with Crippen molar-refractivity contribution in [1.82, 2.24) is 50.0 Å². The number of anilines is 1. The summed E-state index contributed by atoms with van der Waals surface area (Å²) in [6, 6.07) is 11.5. The quantitative estimate of drug-likeness (QED) is 0.118. The summed E-state index contributed by atoms with van der Waals surface area (Å²) >= 11 is 1.53. The first-order valence-electron chi connectivity index (χ1n) is 26.1. The fourth-order valence-corrected chi connectivity index (χ4v) is 15.0. The number of benzene rings is 1. The summed E-state index contributed by atoms with van der Waals surface area (Å²) < 4.78 is 21.1. The zero-order chi connectivity index (χ0) is 48.8. The Bertz CT molecular complexity index is 3130. The third-order valence-corrected chi connectivity index (χ3v) is 18.8. The summed E-state index contributed by atoms with van der Waals surface area (Å²) in [5.41, 5.74) is 12.8. The summed E-state index contributed by atoms with van der Waals surface area (Å²) in [5, 5.41) is 23.7. The van der Waals surface area contributed by atoms with E-state index in [4.69, 9.17) is 34.8 Å². The number of nitrogens with one attached hydrogen (secondary N) is 1. The number of rotatable bonds is 11. The first-order chi connectivity index (χ1) is 35.1. The number of imide groups is 1. The Morgan fingerprint density at radius 1 is 0.944 bits per heavy atom. The number of nitrogens with two attached hydrogens (primary N) is 1. The Hall–Kier alpha value is -6.29. The molecule has 1 unspecified atom stereocenters. The molecule has 372 valence electrons. The van der Waals surface area contributed by atoms with Crippen molar-refractivity contribution in [3.05, 3.63) is 81.6 Å². The number of ether oxygens (including phenoxy) is 2. The summed E-state index contributed by atoms with van der Waals surface area (Å²) in [6.07, 6.45) is 20.5. The summed E-state index contributed by atoms with van der Waals surface area (Å²) in [6.45, 7) is 6.15. The number of hydrogen-bond donors (Lipinski definition) is 2. The third-order valence-electron chi connectivity index (χ3n) is 17.7. The topological polar surface area (TPSA) is 216 Å². The van der Waals surface area contributed by atoms with E-state index in [0.29, 0.717) is 76.4 Å². The molecule has 2 saturated carbocycles. The van der Waals surface area contributed by atoms with Crippen molar-refractivity contribution in [1.29, 1.82) is 5.26 Å². The van der Waals surface area contributed by atoms with Gasteiger partial charge in [0.05, 0.1) is 53.2 Å². The van der Waals surface area contributed by atoms with Crippen LogP contribution in [0.4, 0.5) is 5.00 Å². The van der Waals surface area contributed by atoms with Crippen molar-refractivity contribution >= 4 is 39.1 Å². The molecular formula is C54H60N12O5S. The maximum atomic E-state index is 12.7. The van der Waals surface area contributed by atoms with E-state index in [9.17, 15) is 14.9 Å². The SMILES string of the molecule is Cn1nc(C2CCC(=O)NC2=O)c2ccc(C3CCN(C4CCC5(CC4)CN(CC4(COc6cc(Oc7cncnc7)nc(-c7noc8c7CCC[C@@]87CCCc8sc(N)c(C#N)c87)n6)CC4)C5)CC3)cc21. The highest BCUT2D eigenvalue weighted by Gasteiger charge is 2.52. The molecule has 1 aromatic carbocycles. The Morgan fingerprint density at radius 2 is 1.72 bits per heavy atom. The van der Waals surface area contributed by atoms with Gasteiger partial charge >= 0.3 is 0 Å². The number of carbonyl (C=O) groups is 2. The normalized spacial score (nSPS) is 24.1. The smallest absolute Gasteiger partial charge is 0.235 e. The molecule has 3 aliphatic heterocycles. The van der Waals surface area contributed by atoms with Gasteiger partial charge in [0.25, 0.3) is 0 Å². The van der Waals surface area contributed by atoms with Crippen LogP contribution in [0.25, 0.3) is 22.4 Å². The van der Waals surface area contributed by atoms with Crippen LogP contribution < -0.4 is 20.5 Å². The van der Waals surface area contributed by atoms with Gasteiger partial charge in [-0.3, -0.25) is 19.6 Å². The summed E-state index contributed by atoms with van der Waals surface area (Å²) in [7, 11) is 1.95. The summed E-state index contributed by atoms with van der Waals surface area (Å²) in [5.74, 6) is 2.04. The van der Waals surface area contributed by atoms with E-state index in [1.54, 1.807) is 18.5 Å². The lowest BCUT2D eigenvalue weighted by Gasteiger charge is -2.55. The largest absolute Gasteiger partial charge is 0.477 e. The Kier molecular flexibility index (Phi) is 11.2. The molecule has 5 fully saturated rings. The predicted octanol–water partition coefficient (Wildman–Crippen LogP) is 7.88. The number of nitriles is 1. The fraction of sp³-hybridized carbons (Fsp3) is 0.537. The van der Waals surface area contributed by atoms with Gasteiger partial charge in [-0.1, -0.05) is 17.3 Å². The molecule has 2 spiro atoms. The van der Waals surface area contributed by atoms with Gasteiger partial charge in [0.15, 0.2) is 23.0 Å². The van der Waals surface area contributed by atoms with E-state index in [-0.39, 0.29) is 23.1 Å². The van der Waals surface area contributed by atoms with Crippen LogP contribution in [0.1, 0.15) is 140 Å². The van der Waals surface area contributed by atoms with Gasteiger partial charge in [-0.25, -0.2) is 9.97 Å². The minimum Gasteiger partial charge on any atom is -0.477 e. The van der Waals surface area contributed by atoms with Crippen LogP contribution in [-0.4, -0.2) is 102 Å². The molecule has 3 saturated heterocycles. The molecule has 18 heteroatoms. The number of likely N-dealkylation sites (tertiary alicyclic amines) is 2. The first kappa shape index (κ1) is 45.6. The minimum absolute atomic E-state index is 0.0820. The number of amides is 2. The zero-order valence-corrected chi connectivity index (χ0v) is 41.6. The minimum atomic E-state index is -0.457. The number of aryl methyl sites for hydroxylation is 2. The van der Waals surface area contributed by atoms with E-state index in [1.807, 2.05) is 11.7 Å². The third kappa shape index (κ3) is 8.02. The van der Waals surface area contributed by atoms with Crippen molar-refractivity contribution in [2.45, 2.75) is 126 Å².